The van der Waals surface area contributed by atoms with E-state index in [0.29, 0.717) is 6.07 Å². The third-order valence-electron chi connectivity index (χ3n) is 3.43. The first-order chi connectivity index (χ1) is 9.75. The summed E-state index contributed by atoms with van der Waals surface area (Å²) in [7, 11) is 0. The lowest BCUT2D eigenvalue weighted by Gasteiger charge is -2.22. The van der Waals surface area contributed by atoms with E-state index >= 15 is 0 Å². The third-order valence-corrected chi connectivity index (χ3v) is 3.43. The molecular weight excluding hydrogens is 282 g/mol. The summed E-state index contributed by atoms with van der Waals surface area (Å²) in [5, 5.41) is 2.39. The second kappa shape index (κ2) is 5.23. The van der Waals surface area contributed by atoms with E-state index in [1.807, 2.05) is 0 Å². The molecule has 0 saturated carbocycles. The summed E-state index contributed by atoms with van der Waals surface area (Å²) >= 11 is 0. The largest absolute Gasteiger partial charge is 0.325 e. The molecule has 21 heavy (non-hydrogen) atoms. The Morgan fingerprint density at radius 3 is 2.57 bits per heavy atom. The molecule has 1 saturated heterocycles. The van der Waals surface area contributed by atoms with Crippen molar-refractivity contribution < 1.29 is 23.2 Å². The molecule has 7 heteroatoms. The van der Waals surface area contributed by atoms with Gasteiger partial charge in [-0.1, -0.05) is 6.07 Å². The summed E-state index contributed by atoms with van der Waals surface area (Å²) < 4.78 is 26.8. The quantitative estimate of drug-likeness (QED) is 0.860. The summed E-state index contributed by atoms with van der Waals surface area (Å²) in [6, 6.07) is 2.09. The van der Waals surface area contributed by atoms with Crippen molar-refractivity contribution in [1.82, 2.24) is 10.2 Å². The Morgan fingerprint density at radius 2 is 2.00 bits per heavy atom. The van der Waals surface area contributed by atoms with Crippen LogP contribution in [0.2, 0.25) is 0 Å². The molecule has 1 aromatic rings. The molecule has 0 unspecified atom stereocenters. The minimum atomic E-state index is -1.61. The van der Waals surface area contributed by atoms with Crippen molar-refractivity contribution in [3.05, 3.63) is 35.4 Å². The average molecular weight is 296 g/mol. The topological polar surface area (TPSA) is 66.5 Å². The van der Waals surface area contributed by atoms with Gasteiger partial charge in [-0.15, -0.1) is 0 Å². The van der Waals surface area contributed by atoms with E-state index < -0.39 is 29.1 Å². The maximum Gasteiger partial charge on any atom is 0.325 e. The van der Waals surface area contributed by atoms with Gasteiger partial charge in [0, 0.05) is 24.6 Å². The molecule has 0 spiro atoms. The molecule has 1 atom stereocenters. The monoisotopic (exact) mass is 296 g/mol. The van der Waals surface area contributed by atoms with E-state index in [-0.39, 0.29) is 24.3 Å². The van der Waals surface area contributed by atoms with Gasteiger partial charge in [-0.25, -0.2) is 13.6 Å². The van der Waals surface area contributed by atoms with E-state index in [1.165, 1.54) is 13.8 Å². The van der Waals surface area contributed by atoms with Gasteiger partial charge in [-0.2, -0.15) is 0 Å². The number of hydrogen-bond donors (Lipinski definition) is 1. The molecule has 0 bridgehead atoms. The number of imide groups is 1. The Balaban J connectivity index is 2.33. The Hall–Kier alpha value is -2.31. The molecule has 0 radical (unpaired) electrons. The van der Waals surface area contributed by atoms with E-state index in [9.17, 15) is 23.2 Å². The number of ketones is 1. The van der Waals surface area contributed by atoms with Gasteiger partial charge in [0.25, 0.3) is 5.91 Å². The van der Waals surface area contributed by atoms with Gasteiger partial charge in [0.2, 0.25) is 0 Å². The smallest absolute Gasteiger partial charge is 0.319 e. The van der Waals surface area contributed by atoms with Crippen molar-refractivity contribution in [1.29, 1.82) is 0 Å². The summed E-state index contributed by atoms with van der Waals surface area (Å²) in [6.45, 7) is 2.62. The summed E-state index contributed by atoms with van der Waals surface area (Å²) in [5.41, 5.74) is -1.72. The molecule has 1 heterocycles. The SMILES string of the molecule is CC(=O)CCN1C(=O)N[C@@](C)(c2ccc(F)cc2F)C1=O. The lowest BCUT2D eigenvalue weighted by atomic mass is 9.91. The van der Waals surface area contributed by atoms with Crippen molar-refractivity contribution >= 4 is 17.7 Å². The summed E-state index contributed by atoms with van der Waals surface area (Å²) in [6.07, 6.45) is 0.0289. The molecule has 2 rings (SSSR count). The van der Waals surface area contributed by atoms with Gasteiger partial charge in [0.15, 0.2) is 0 Å². The molecule has 1 aliphatic rings. The Bertz CT molecular complexity index is 633. The van der Waals surface area contributed by atoms with Gasteiger partial charge >= 0.3 is 6.03 Å². The average Bonchev–Trinajstić information content (AvgIpc) is 2.58. The second-order valence-electron chi connectivity index (χ2n) is 5.09. The van der Waals surface area contributed by atoms with Crippen LogP contribution in [0.1, 0.15) is 25.8 Å². The van der Waals surface area contributed by atoms with Crippen LogP contribution in [0.4, 0.5) is 13.6 Å². The maximum atomic E-state index is 13.9. The Labute approximate surface area is 119 Å². The van der Waals surface area contributed by atoms with Crippen LogP contribution >= 0.6 is 0 Å². The number of hydrogen-bond acceptors (Lipinski definition) is 3. The zero-order valence-electron chi connectivity index (χ0n) is 11.6. The zero-order chi connectivity index (χ0) is 15.8. The molecule has 0 aliphatic carbocycles. The normalized spacial score (nSPS) is 21.6. The van der Waals surface area contributed by atoms with Crippen LogP contribution in [0.3, 0.4) is 0 Å². The maximum absolute atomic E-state index is 13.9. The standard InChI is InChI=1S/C14H14F2N2O3/c1-8(19)5-6-18-12(20)14(2,17-13(18)21)10-4-3-9(15)7-11(10)16/h3-4,7H,5-6H2,1-2H3,(H,17,21)/t14-/m0/s1. The first-order valence-corrected chi connectivity index (χ1v) is 6.35. The molecule has 5 nitrogen and oxygen atoms in total. The molecule has 112 valence electrons. The van der Waals surface area contributed by atoms with Crippen LogP contribution in [0.25, 0.3) is 0 Å². The number of amides is 3. The van der Waals surface area contributed by atoms with Gasteiger partial charge in [0.1, 0.15) is 23.0 Å². The number of rotatable bonds is 4. The van der Waals surface area contributed by atoms with Crippen molar-refractivity contribution in [3.63, 3.8) is 0 Å². The number of benzene rings is 1. The lowest BCUT2D eigenvalue weighted by Crippen LogP contribution is -2.41. The number of nitrogens with one attached hydrogen (secondary N) is 1. The van der Waals surface area contributed by atoms with Crippen LogP contribution in [0.5, 0.6) is 0 Å². The predicted molar refractivity (Wildman–Crippen MR) is 69.3 cm³/mol. The third kappa shape index (κ3) is 2.63. The van der Waals surface area contributed by atoms with Crippen LogP contribution in [0, 0.1) is 11.6 Å². The van der Waals surface area contributed by atoms with Crippen molar-refractivity contribution in [2.24, 2.45) is 0 Å². The molecular formula is C14H14F2N2O3. The number of nitrogens with zero attached hydrogens (tertiary/aromatic N) is 1. The highest BCUT2D eigenvalue weighted by atomic mass is 19.1. The van der Waals surface area contributed by atoms with Crippen molar-refractivity contribution in [2.45, 2.75) is 25.8 Å². The number of halogens is 2. The second-order valence-corrected chi connectivity index (χ2v) is 5.09. The number of urea groups is 1. The number of Topliss-reactive ketones (excluding diaryl/α,β-unsaturated/α-hetero) is 1. The first-order valence-electron chi connectivity index (χ1n) is 6.35. The Kier molecular flexibility index (Phi) is 3.76. The van der Waals surface area contributed by atoms with Crippen molar-refractivity contribution in [2.75, 3.05) is 6.54 Å². The van der Waals surface area contributed by atoms with Crippen LogP contribution < -0.4 is 5.32 Å². The highest BCUT2D eigenvalue weighted by molar-refractivity contribution is 6.07. The summed E-state index contributed by atoms with van der Waals surface area (Å²) in [5.74, 6) is -2.53. The van der Waals surface area contributed by atoms with Gasteiger partial charge in [-0.05, 0) is 19.9 Å². The molecule has 1 fully saturated rings. The van der Waals surface area contributed by atoms with E-state index in [1.54, 1.807) is 0 Å². The van der Waals surface area contributed by atoms with Crippen LogP contribution in [0.15, 0.2) is 18.2 Å². The molecule has 1 aromatic carbocycles. The minimum absolute atomic E-state index is 0.0289. The predicted octanol–water partition coefficient (Wildman–Crippen LogP) is 1.71. The van der Waals surface area contributed by atoms with Crippen molar-refractivity contribution in [3.8, 4) is 0 Å². The molecule has 3 amide bonds. The fourth-order valence-electron chi connectivity index (χ4n) is 2.25. The fourth-order valence-corrected chi connectivity index (χ4v) is 2.25. The van der Waals surface area contributed by atoms with E-state index in [4.69, 9.17) is 0 Å². The van der Waals surface area contributed by atoms with Crippen LogP contribution in [-0.4, -0.2) is 29.2 Å². The summed E-state index contributed by atoms with van der Waals surface area (Å²) in [4.78, 5) is 36.0. The zero-order valence-corrected chi connectivity index (χ0v) is 11.6. The highest BCUT2D eigenvalue weighted by Gasteiger charge is 2.50. The lowest BCUT2D eigenvalue weighted by molar-refractivity contribution is -0.131. The van der Waals surface area contributed by atoms with Gasteiger partial charge < -0.3 is 5.32 Å². The molecule has 1 aliphatic heterocycles. The highest BCUT2D eigenvalue weighted by Crippen LogP contribution is 2.31. The number of carbonyl (C=O) groups is 3. The number of carbonyl (C=O) groups excluding carboxylic acids is 3. The molecule has 1 N–H and O–H groups in total. The Morgan fingerprint density at radius 1 is 1.33 bits per heavy atom. The first kappa shape index (κ1) is 15.1. The molecule has 0 aromatic heterocycles. The van der Waals surface area contributed by atoms with Crippen LogP contribution in [-0.2, 0) is 15.1 Å². The van der Waals surface area contributed by atoms with E-state index in [0.717, 1.165) is 17.0 Å². The minimum Gasteiger partial charge on any atom is -0.319 e. The fraction of sp³-hybridized carbons (Fsp3) is 0.357. The van der Waals surface area contributed by atoms with Gasteiger partial charge in [-0.3, -0.25) is 14.5 Å². The van der Waals surface area contributed by atoms with Gasteiger partial charge in [0.05, 0.1) is 0 Å². The van der Waals surface area contributed by atoms with E-state index in [2.05, 4.69) is 5.32 Å².